The Hall–Kier alpha value is -4.46. The number of hydrogen-bond donors (Lipinski definition) is 3. The van der Waals surface area contributed by atoms with Gasteiger partial charge in [0.15, 0.2) is 5.82 Å². The van der Waals surface area contributed by atoms with Crippen molar-refractivity contribution in [3.63, 3.8) is 0 Å². The summed E-state index contributed by atoms with van der Waals surface area (Å²) in [5.41, 5.74) is 4.74. The average Bonchev–Trinajstić information content (AvgIpc) is 3.39. The number of aromatic carboxylic acids is 1. The standard InChI is InChI=1S/C23H16N4O4/c28-22(29)16-7-4-8-18-20(16)25-19(24-18)12-13-9-10-15(14-5-2-1-3-6-14)17(11-13)21-26-23(30)31-27-21/h1-11H,12H2,(H,24,25)(H,28,29)(H,26,27,30). The molecule has 8 heteroatoms. The van der Waals surface area contributed by atoms with Gasteiger partial charge in [-0.1, -0.05) is 53.7 Å². The molecule has 0 spiro atoms. The fraction of sp³-hybridized carbons (Fsp3) is 0.0435. The second-order valence-electron chi connectivity index (χ2n) is 7.06. The lowest BCUT2D eigenvalue weighted by Gasteiger charge is -2.09. The SMILES string of the molecule is O=C(O)c1cccc2[nH]c(Cc3ccc(-c4ccccc4)c(-c4noc(=O)[nH]4)c3)nc12. The maximum atomic E-state index is 11.5. The number of rotatable bonds is 5. The molecule has 0 saturated carbocycles. The third-order valence-electron chi connectivity index (χ3n) is 5.03. The van der Waals surface area contributed by atoms with Gasteiger partial charge in [0.2, 0.25) is 0 Å². The number of aromatic nitrogens is 4. The Morgan fingerprint density at radius 3 is 2.55 bits per heavy atom. The van der Waals surface area contributed by atoms with Crippen LogP contribution in [0.15, 0.2) is 76.0 Å². The fourth-order valence-corrected chi connectivity index (χ4v) is 3.65. The number of aromatic amines is 2. The number of fused-ring (bicyclic) bond motifs is 1. The van der Waals surface area contributed by atoms with E-state index in [0.717, 1.165) is 22.3 Å². The van der Waals surface area contributed by atoms with Crippen LogP contribution in [0.1, 0.15) is 21.7 Å². The zero-order valence-corrected chi connectivity index (χ0v) is 16.1. The Morgan fingerprint density at radius 1 is 0.968 bits per heavy atom. The van der Waals surface area contributed by atoms with Crippen LogP contribution in [-0.2, 0) is 6.42 Å². The highest BCUT2D eigenvalue weighted by Crippen LogP contribution is 2.31. The number of imidazole rings is 1. The van der Waals surface area contributed by atoms with Gasteiger partial charge in [-0.3, -0.25) is 9.51 Å². The number of carboxylic acids is 1. The maximum absolute atomic E-state index is 11.5. The number of H-pyrrole nitrogens is 2. The third kappa shape index (κ3) is 3.51. The maximum Gasteiger partial charge on any atom is 0.439 e. The number of carbonyl (C=O) groups is 1. The molecule has 0 fully saturated rings. The van der Waals surface area contributed by atoms with Gasteiger partial charge in [0.25, 0.3) is 0 Å². The third-order valence-corrected chi connectivity index (χ3v) is 5.03. The smallest absolute Gasteiger partial charge is 0.439 e. The van der Waals surface area contributed by atoms with Crippen LogP contribution in [0.25, 0.3) is 33.5 Å². The van der Waals surface area contributed by atoms with Crippen molar-refractivity contribution in [3.8, 4) is 22.5 Å². The van der Waals surface area contributed by atoms with Crippen LogP contribution in [0.3, 0.4) is 0 Å². The molecule has 3 N–H and O–H groups in total. The zero-order chi connectivity index (χ0) is 21.4. The van der Waals surface area contributed by atoms with E-state index in [4.69, 9.17) is 4.52 Å². The van der Waals surface area contributed by atoms with Crippen molar-refractivity contribution >= 4 is 17.0 Å². The molecule has 152 valence electrons. The molecule has 0 radical (unpaired) electrons. The number of para-hydroxylation sites is 1. The summed E-state index contributed by atoms with van der Waals surface area (Å²) in [5, 5.41) is 13.2. The van der Waals surface area contributed by atoms with Crippen molar-refractivity contribution < 1.29 is 14.4 Å². The van der Waals surface area contributed by atoms with Crippen molar-refractivity contribution in [1.29, 1.82) is 0 Å². The zero-order valence-electron chi connectivity index (χ0n) is 16.1. The molecule has 0 amide bonds. The van der Waals surface area contributed by atoms with Gasteiger partial charge in [-0.2, -0.15) is 0 Å². The molecule has 8 nitrogen and oxygen atoms in total. The average molecular weight is 412 g/mol. The van der Waals surface area contributed by atoms with E-state index < -0.39 is 11.7 Å². The number of hydrogen-bond acceptors (Lipinski definition) is 5. The predicted octanol–water partition coefficient (Wildman–Crippen LogP) is 3.86. The number of nitrogens with one attached hydrogen (secondary N) is 2. The Kier molecular flexibility index (Phi) is 4.44. The number of benzene rings is 3. The van der Waals surface area contributed by atoms with Crippen molar-refractivity contribution in [1.82, 2.24) is 20.1 Å². The van der Waals surface area contributed by atoms with Crippen molar-refractivity contribution in [3.05, 3.63) is 94.2 Å². The van der Waals surface area contributed by atoms with Crippen molar-refractivity contribution in [2.24, 2.45) is 0 Å². The van der Waals surface area contributed by atoms with Gasteiger partial charge in [-0.05, 0) is 34.9 Å². The van der Waals surface area contributed by atoms with E-state index in [1.807, 2.05) is 48.5 Å². The molecular formula is C23H16N4O4. The van der Waals surface area contributed by atoms with Crippen LogP contribution in [-0.4, -0.2) is 31.2 Å². The minimum atomic E-state index is -1.02. The summed E-state index contributed by atoms with van der Waals surface area (Å²) >= 11 is 0. The first kappa shape index (κ1) is 18.6. The van der Waals surface area contributed by atoms with Gasteiger partial charge >= 0.3 is 11.7 Å². The summed E-state index contributed by atoms with van der Waals surface area (Å²) in [6.45, 7) is 0. The van der Waals surface area contributed by atoms with Gasteiger partial charge in [-0.25, -0.2) is 14.6 Å². The van der Waals surface area contributed by atoms with E-state index in [0.29, 0.717) is 29.1 Å². The highest BCUT2D eigenvalue weighted by Gasteiger charge is 2.15. The molecule has 0 aliphatic heterocycles. The Labute approximate surface area is 175 Å². The van der Waals surface area contributed by atoms with Crippen LogP contribution < -0.4 is 5.76 Å². The molecule has 0 aliphatic carbocycles. The molecule has 2 heterocycles. The molecule has 5 aromatic rings. The van der Waals surface area contributed by atoms with E-state index in [-0.39, 0.29) is 5.56 Å². The lowest BCUT2D eigenvalue weighted by atomic mass is 9.96. The summed E-state index contributed by atoms with van der Waals surface area (Å²) in [6.07, 6.45) is 0.442. The van der Waals surface area contributed by atoms with Gasteiger partial charge in [0, 0.05) is 12.0 Å². The van der Waals surface area contributed by atoms with Crippen LogP contribution in [0.5, 0.6) is 0 Å². The summed E-state index contributed by atoms with van der Waals surface area (Å²) in [6, 6.07) is 20.6. The van der Waals surface area contributed by atoms with Gasteiger partial charge in [0.05, 0.1) is 11.1 Å². The lowest BCUT2D eigenvalue weighted by Crippen LogP contribution is -1.98. The summed E-state index contributed by atoms with van der Waals surface area (Å²) in [7, 11) is 0. The normalized spacial score (nSPS) is 11.1. The number of carboxylic acid groups (broad SMARTS) is 1. The molecule has 0 unspecified atom stereocenters. The monoisotopic (exact) mass is 412 g/mol. The van der Waals surface area contributed by atoms with Crippen LogP contribution >= 0.6 is 0 Å². The van der Waals surface area contributed by atoms with Crippen LogP contribution in [0.2, 0.25) is 0 Å². The van der Waals surface area contributed by atoms with E-state index in [2.05, 4.69) is 20.1 Å². The summed E-state index contributed by atoms with van der Waals surface area (Å²) in [4.78, 5) is 33.3. The molecular weight excluding hydrogens is 396 g/mol. The Morgan fingerprint density at radius 2 is 1.81 bits per heavy atom. The minimum Gasteiger partial charge on any atom is -0.478 e. The van der Waals surface area contributed by atoms with Gasteiger partial charge in [-0.15, -0.1) is 0 Å². The first-order valence-electron chi connectivity index (χ1n) is 9.54. The van der Waals surface area contributed by atoms with Crippen LogP contribution in [0, 0.1) is 0 Å². The van der Waals surface area contributed by atoms with Gasteiger partial charge < -0.3 is 10.1 Å². The molecule has 0 atom stereocenters. The molecule has 0 aliphatic rings. The van der Waals surface area contributed by atoms with Crippen molar-refractivity contribution in [2.75, 3.05) is 0 Å². The quantitative estimate of drug-likeness (QED) is 0.403. The Balaban J connectivity index is 1.58. The first-order chi connectivity index (χ1) is 15.1. The molecule has 0 saturated heterocycles. The molecule has 31 heavy (non-hydrogen) atoms. The first-order valence-corrected chi connectivity index (χ1v) is 9.54. The van der Waals surface area contributed by atoms with Gasteiger partial charge in [0.1, 0.15) is 11.3 Å². The minimum absolute atomic E-state index is 0.153. The molecule has 0 bridgehead atoms. The largest absolute Gasteiger partial charge is 0.478 e. The van der Waals surface area contributed by atoms with E-state index in [1.54, 1.807) is 12.1 Å². The molecule has 5 rings (SSSR count). The number of nitrogens with zero attached hydrogens (tertiary/aromatic N) is 2. The fourth-order valence-electron chi connectivity index (χ4n) is 3.65. The highest BCUT2D eigenvalue weighted by molar-refractivity contribution is 6.00. The highest BCUT2D eigenvalue weighted by atomic mass is 16.5. The lowest BCUT2D eigenvalue weighted by molar-refractivity contribution is 0.0699. The summed E-state index contributed by atoms with van der Waals surface area (Å²) in [5.74, 6) is -0.676. The molecule has 3 aromatic carbocycles. The Bertz CT molecular complexity index is 1460. The second-order valence-corrected chi connectivity index (χ2v) is 7.06. The van der Waals surface area contributed by atoms with Crippen molar-refractivity contribution in [2.45, 2.75) is 6.42 Å². The molecule has 2 aromatic heterocycles. The van der Waals surface area contributed by atoms with E-state index in [1.165, 1.54) is 6.07 Å². The summed E-state index contributed by atoms with van der Waals surface area (Å²) < 4.78 is 4.71. The second kappa shape index (κ2) is 7.42. The van der Waals surface area contributed by atoms with E-state index >= 15 is 0 Å². The van der Waals surface area contributed by atoms with Crippen LogP contribution in [0.4, 0.5) is 0 Å². The topological polar surface area (TPSA) is 125 Å². The van der Waals surface area contributed by atoms with E-state index in [9.17, 15) is 14.7 Å². The predicted molar refractivity (Wildman–Crippen MR) is 114 cm³/mol.